The summed E-state index contributed by atoms with van der Waals surface area (Å²) in [5, 5.41) is 3.78. The SMILES string of the molecule is COc1cc(OC)nc(Oc2cccc(-c3ccccc3)c2C(=O)ON=C(C)C)n1. The number of hydrogen-bond acceptors (Lipinski definition) is 8. The van der Waals surface area contributed by atoms with E-state index in [0.717, 1.165) is 5.56 Å². The van der Waals surface area contributed by atoms with E-state index < -0.39 is 5.97 Å². The Morgan fingerprint density at radius 1 is 0.900 bits per heavy atom. The van der Waals surface area contributed by atoms with Gasteiger partial charge in [0.1, 0.15) is 11.3 Å². The summed E-state index contributed by atoms with van der Waals surface area (Å²) in [6.07, 6.45) is 0. The van der Waals surface area contributed by atoms with Crippen molar-refractivity contribution in [2.75, 3.05) is 14.2 Å². The topological polar surface area (TPSA) is 92.1 Å². The Labute approximate surface area is 174 Å². The summed E-state index contributed by atoms with van der Waals surface area (Å²) in [6, 6.07) is 16.1. The zero-order valence-corrected chi connectivity index (χ0v) is 17.1. The maximum absolute atomic E-state index is 12.9. The van der Waals surface area contributed by atoms with Crippen LogP contribution >= 0.6 is 0 Å². The van der Waals surface area contributed by atoms with Gasteiger partial charge in [0.05, 0.1) is 26.0 Å². The van der Waals surface area contributed by atoms with Gasteiger partial charge >= 0.3 is 12.0 Å². The summed E-state index contributed by atoms with van der Waals surface area (Å²) in [5.74, 6) is 0.0546. The highest BCUT2D eigenvalue weighted by Gasteiger charge is 2.22. The number of oxime groups is 1. The molecule has 8 heteroatoms. The first-order valence-corrected chi connectivity index (χ1v) is 9.07. The largest absolute Gasteiger partial charge is 0.481 e. The van der Waals surface area contributed by atoms with Gasteiger partial charge in [-0.25, -0.2) is 4.79 Å². The smallest absolute Gasteiger partial charge is 0.370 e. The summed E-state index contributed by atoms with van der Waals surface area (Å²) >= 11 is 0. The summed E-state index contributed by atoms with van der Waals surface area (Å²) in [7, 11) is 2.94. The summed E-state index contributed by atoms with van der Waals surface area (Å²) in [5.41, 5.74) is 2.23. The van der Waals surface area contributed by atoms with Crippen LogP contribution in [0.2, 0.25) is 0 Å². The fourth-order valence-corrected chi connectivity index (χ4v) is 2.60. The molecule has 30 heavy (non-hydrogen) atoms. The first-order valence-electron chi connectivity index (χ1n) is 9.07. The number of carbonyl (C=O) groups is 1. The second-order valence-corrected chi connectivity index (χ2v) is 6.30. The summed E-state index contributed by atoms with van der Waals surface area (Å²) in [6.45, 7) is 3.45. The Bertz CT molecular complexity index is 1040. The molecule has 0 atom stereocenters. The first-order chi connectivity index (χ1) is 14.5. The maximum Gasteiger partial charge on any atom is 0.370 e. The van der Waals surface area contributed by atoms with E-state index >= 15 is 0 Å². The molecule has 0 radical (unpaired) electrons. The lowest BCUT2D eigenvalue weighted by Gasteiger charge is -2.13. The molecule has 8 nitrogen and oxygen atoms in total. The zero-order valence-electron chi connectivity index (χ0n) is 17.1. The Kier molecular flexibility index (Phi) is 6.59. The first kappa shape index (κ1) is 20.8. The molecule has 0 spiro atoms. The Morgan fingerprint density at radius 2 is 1.57 bits per heavy atom. The van der Waals surface area contributed by atoms with Crippen LogP contribution in [-0.4, -0.2) is 35.9 Å². The van der Waals surface area contributed by atoms with Crippen molar-refractivity contribution >= 4 is 11.7 Å². The van der Waals surface area contributed by atoms with Crippen LogP contribution in [0.25, 0.3) is 11.1 Å². The molecule has 0 aliphatic rings. The van der Waals surface area contributed by atoms with Crippen molar-refractivity contribution in [3.05, 3.63) is 60.2 Å². The van der Waals surface area contributed by atoms with Crippen LogP contribution in [0.1, 0.15) is 24.2 Å². The van der Waals surface area contributed by atoms with Gasteiger partial charge in [-0.15, -0.1) is 0 Å². The minimum absolute atomic E-state index is 0.0411. The Balaban J connectivity index is 2.10. The van der Waals surface area contributed by atoms with Crippen LogP contribution in [0.3, 0.4) is 0 Å². The standard InChI is InChI=1S/C22H21N3O5/c1-14(2)25-30-21(26)20-16(15-9-6-5-7-10-15)11-8-12-17(20)29-22-23-18(27-3)13-19(24-22)28-4/h5-13H,1-4H3. The lowest BCUT2D eigenvalue weighted by Crippen LogP contribution is -2.08. The minimum Gasteiger partial charge on any atom is -0.481 e. The predicted octanol–water partition coefficient (Wildman–Crippen LogP) is 4.51. The molecule has 2 aromatic carbocycles. The van der Waals surface area contributed by atoms with E-state index in [1.165, 1.54) is 20.3 Å². The number of aromatic nitrogens is 2. The lowest BCUT2D eigenvalue weighted by atomic mass is 9.99. The lowest BCUT2D eigenvalue weighted by molar-refractivity contribution is 0.0513. The fourth-order valence-electron chi connectivity index (χ4n) is 2.60. The maximum atomic E-state index is 12.9. The van der Waals surface area contributed by atoms with Crippen LogP contribution in [-0.2, 0) is 4.84 Å². The summed E-state index contributed by atoms with van der Waals surface area (Å²) in [4.78, 5) is 26.3. The molecular weight excluding hydrogens is 386 g/mol. The van der Waals surface area contributed by atoms with Gasteiger partial charge in [0.15, 0.2) is 0 Å². The zero-order chi connectivity index (χ0) is 21.5. The number of carbonyl (C=O) groups excluding carboxylic acids is 1. The second kappa shape index (κ2) is 9.51. The van der Waals surface area contributed by atoms with E-state index in [2.05, 4.69) is 15.1 Å². The fraction of sp³-hybridized carbons (Fsp3) is 0.182. The molecular formula is C22H21N3O5. The van der Waals surface area contributed by atoms with Crippen LogP contribution in [0.4, 0.5) is 0 Å². The van der Waals surface area contributed by atoms with Crippen LogP contribution < -0.4 is 14.2 Å². The molecule has 0 unspecified atom stereocenters. The Hall–Kier alpha value is -3.94. The van der Waals surface area contributed by atoms with Gasteiger partial charge in [0, 0.05) is 5.56 Å². The molecule has 0 saturated heterocycles. The predicted molar refractivity (Wildman–Crippen MR) is 111 cm³/mol. The highest BCUT2D eigenvalue weighted by molar-refractivity contribution is 6.00. The molecule has 1 aromatic heterocycles. The average Bonchev–Trinajstić information content (AvgIpc) is 2.77. The molecule has 0 amide bonds. The highest BCUT2D eigenvalue weighted by atomic mass is 16.7. The molecule has 0 aliphatic carbocycles. The third-order valence-corrected chi connectivity index (χ3v) is 3.90. The number of hydrogen-bond donors (Lipinski definition) is 0. The number of rotatable bonds is 7. The highest BCUT2D eigenvalue weighted by Crippen LogP contribution is 2.34. The number of ether oxygens (including phenoxy) is 3. The van der Waals surface area contributed by atoms with Crippen LogP contribution in [0.15, 0.2) is 59.8 Å². The molecule has 1 heterocycles. The van der Waals surface area contributed by atoms with E-state index in [1.54, 1.807) is 32.0 Å². The van der Waals surface area contributed by atoms with Crippen molar-refractivity contribution in [2.45, 2.75) is 13.8 Å². The number of benzene rings is 2. The van der Waals surface area contributed by atoms with Gasteiger partial charge in [-0.05, 0) is 25.5 Å². The molecule has 0 saturated carbocycles. The van der Waals surface area contributed by atoms with E-state index in [4.69, 9.17) is 19.0 Å². The monoisotopic (exact) mass is 407 g/mol. The molecule has 3 aromatic rings. The normalized spacial score (nSPS) is 10.1. The van der Waals surface area contributed by atoms with Crippen molar-refractivity contribution in [1.29, 1.82) is 0 Å². The Morgan fingerprint density at radius 3 is 2.17 bits per heavy atom. The number of methoxy groups -OCH3 is 2. The van der Waals surface area contributed by atoms with E-state index in [9.17, 15) is 4.79 Å². The van der Waals surface area contributed by atoms with E-state index in [1.807, 2.05) is 30.3 Å². The molecule has 0 N–H and O–H groups in total. The molecule has 0 aliphatic heterocycles. The van der Waals surface area contributed by atoms with Gasteiger partial charge in [-0.2, -0.15) is 9.97 Å². The minimum atomic E-state index is -0.666. The molecule has 3 rings (SSSR count). The second-order valence-electron chi connectivity index (χ2n) is 6.30. The van der Waals surface area contributed by atoms with Gasteiger partial charge in [-0.1, -0.05) is 47.6 Å². The third kappa shape index (κ3) is 4.91. The van der Waals surface area contributed by atoms with Crippen LogP contribution in [0, 0.1) is 0 Å². The average molecular weight is 407 g/mol. The van der Waals surface area contributed by atoms with Crippen LogP contribution in [0.5, 0.6) is 23.5 Å². The summed E-state index contributed by atoms with van der Waals surface area (Å²) < 4.78 is 16.2. The van der Waals surface area contributed by atoms with E-state index in [0.29, 0.717) is 11.3 Å². The molecule has 0 fully saturated rings. The van der Waals surface area contributed by atoms with E-state index in [-0.39, 0.29) is 29.1 Å². The van der Waals surface area contributed by atoms with Gasteiger partial charge in [0.2, 0.25) is 11.8 Å². The van der Waals surface area contributed by atoms with Crippen molar-refractivity contribution < 1.29 is 23.8 Å². The third-order valence-electron chi connectivity index (χ3n) is 3.90. The quantitative estimate of drug-likeness (QED) is 0.323. The van der Waals surface area contributed by atoms with Gasteiger partial charge < -0.3 is 19.0 Å². The van der Waals surface area contributed by atoms with Crippen molar-refractivity contribution in [1.82, 2.24) is 9.97 Å². The molecule has 0 bridgehead atoms. The molecule has 154 valence electrons. The van der Waals surface area contributed by atoms with Gasteiger partial charge in [-0.3, -0.25) is 0 Å². The van der Waals surface area contributed by atoms with Crippen molar-refractivity contribution in [2.24, 2.45) is 5.16 Å². The van der Waals surface area contributed by atoms with Crippen molar-refractivity contribution in [3.63, 3.8) is 0 Å². The van der Waals surface area contributed by atoms with Crippen molar-refractivity contribution in [3.8, 4) is 34.6 Å². The van der Waals surface area contributed by atoms with Gasteiger partial charge in [0.25, 0.3) is 0 Å². The number of nitrogens with zero attached hydrogens (tertiary/aromatic N) is 3.